The maximum Gasteiger partial charge on any atom is 0.254 e. The number of aromatic nitrogens is 2. The van der Waals surface area contributed by atoms with E-state index in [1.807, 2.05) is 24.3 Å². The highest BCUT2D eigenvalue weighted by atomic mass is 32.2. The Bertz CT molecular complexity index is 1460. The van der Waals surface area contributed by atoms with E-state index < -0.39 is 0 Å². The molecule has 1 spiro atoms. The molecule has 3 aliphatic rings. The first-order valence-electron chi connectivity index (χ1n) is 15.9. The number of benzene rings is 2. The standard InChI is InChI=1S/C35H45N5O2S/c1-6-29-31(30-23(4)9-7-10-24(30)5)37-34-38-32(29)42-21-26(17-22(2)3)40(27-19-35(20-27)13-15-36-16-14-35)33(41)25-11-8-12-28(18-25)43-39-34/h7-12,18,22,26-27,36H,6,13-17,19-21H2,1-5H3,(H,37,38,39)/t26-/m1/s1. The first-order chi connectivity index (χ1) is 20.8. The predicted octanol–water partition coefficient (Wildman–Crippen LogP) is 7.22. The zero-order valence-corrected chi connectivity index (χ0v) is 27.0. The number of anilines is 1. The van der Waals surface area contributed by atoms with Crippen molar-refractivity contribution < 1.29 is 9.53 Å². The van der Waals surface area contributed by atoms with Gasteiger partial charge in [-0.2, -0.15) is 4.98 Å². The maximum absolute atomic E-state index is 14.4. The minimum absolute atomic E-state index is 0.0617. The van der Waals surface area contributed by atoms with Crippen molar-refractivity contribution in [1.29, 1.82) is 0 Å². The highest BCUT2D eigenvalue weighted by molar-refractivity contribution is 8.00. The van der Waals surface area contributed by atoms with Gasteiger partial charge in [-0.1, -0.05) is 45.0 Å². The fourth-order valence-corrected chi connectivity index (χ4v) is 8.03. The molecule has 4 bridgehead atoms. The van der Waals surface area contributed by atoms with E-state index in [0.717, 1.165) is 66.1 Å². The first-order valence-corrected chi connectivity index (χ1v) is 16.7. The fraction of sp³-hybridized carbons (Fsp3) is 0.514. The van der Waals surface area contributed by atoms with Crippen molar-refractivity contribution in [2.75, 3.05) is 24.4 Å². The van der Waals surface area contributed by atoms with Crippen LogP contribution in [0, 0.1) is 25.2 Å². The van der Waals surface area contributed by atoms with E-state index in [1.165, 1.54) is 35.9 Å². The number of fused-ring (bicyclic) bond motifs is 4. The summed E-state index contributed by atoms with van der Waals surface area (Å²) < 4.78 is 10.1. The molecular weight excluding hydrogens is 554 g/mol. The Morgan fingerprint density at radius 3 is 2.49 bits per heavy atom. The van der Waals surface area contributed by atoms with Gasteiger partial charge in [0.15, 0.2) is 0 Å². The molecule has 2 aromatic carbocycles. The Morgan fingerprint density at radius 2 is 1.79 bits per heavy atom. The number of nitrogens with one attached hydrogen (secondary N) is 2. The van der Waals surface area contributed by atoms with Gasteiger partial charge in [-0.3, -0.25) is 9.52 Å². The second-order valence-corrected chi connectivity index (χ2v) is 14.0. The summed E-state index contributed by atoms with van der Waals surface area (Å²) in [5, 5.41) is 3.52. The Hall–Kier alpha value is -3.10. The normalized spacial score (nSPS) is 20.5. The van der Waals surface area contributed by atoms with Crippen LogP contribution in [-0.2, 0) is 6.42 Å². The molecule has 1 saturated carbocycles. The number of amides is 1. The van der Waals surface area contributed by atoms with Gasteiger partial charge in [0.05, 0.1) is 11.7 Å². The zero-order chi connectivity index (χ0) is 30.1. The number of nitrogens with zero attached hydrogens (tertiary/aromatic N) is 3. The highest BCUT2D eigenvalue weighted by Gasteiger charge is 2.49. The van der Waals surface area contributed by atoms with Gasteiger partial charge >= 0.3 is 0 Å². The average molecular weight is 600 g/mol. The molecule has 2 N–H and O–H groups in total. The summed E-state index contributed by atoms with van der Waals surface area (Å²) in [7, 11) is 0. The van der Waals surface area contributed by atoms with Gasteiger partial charge in [0, 0.05) is 27.6 Å². The molecule has 6 rings (SSSR count). The fourth-order valence-electron chi connectivity index (χ4n) is 7.40. The minimum Gasteiger partial charge on any atom is -0.475 e. The summed E-state index contributed by atoms with van der Waals surface area (Å²) in [6, 6.07) is 14.5. The first kappa shape index (κ1) is 29.9. The van der Waals surface area contributed by atoms with E-state index in [0.29, 0.717) is 29.8 Å². The van der Waals surface area contributed by atoms with Crippen LogP contribution in [0.15, 0.2) is 47.4 Å². The van der Waals surface area contributed by atoms with Crippen LogP contribution < -0.4 is 14.8 Å². The molecule has 0 radical (unpaired) electrons. The molecule has 43 heavy (non-hydrogen) atoms. The van der Waals surface area contributed by atoms with Crippen LogP contribution in [0.5, 0.6) is 5.88 Å². The van der Waals surface area contributed by atoms with Crippen molar-refractivity contribution in [3.8, 4) is 17.1 Å². The second kappa shape index (κ2) is 12.5. The predicted molar refractivity (Wildman–Crippen MR) is 175 cm³/mol. The van der Waals surface area contributed by atoms with Crippen LogP contribution >= 0.6 is 11.9 Å². The van der Waals surface area contributed by atoms with E-state index in [2.05, 4.69) is 67.8 Å². The van der Waals surface area contributed by atoms with Crippen molar-refractivity contribution in [2.45, 2.75) is 90.1 Å². The molecule has 2 fully saturated rings. The summed E-state index contributed by atoms with van der Waals surface area (Å²) in [5.74, 6) is 1.63. The Labute approximate surface area is 260 Å². The van der Waals surface area contributed by atoms with Gasteiger partial charge in [0.25, 0.3) is 5.91 Å². The number of carbonyl (C=O) groups is 1. The van der Waals surface area contributed by atoms with Gasteiger partial charge in [-0.25, -0.2) is 4.98 Å². The number of piperidine rings is 1. The molecular formula is C35H45N5O2S. The van der Waals surface area contributed by atoms with Gasteiger partial charge in [-0.15, -0.1) is 0 Å². The Morgan fingerprint density at radius 1 is 1.07 bits per heavy atom. The molecule has 1 atom stereocenters. The molecule has 2 aliphatic heterocycles. The minimum atomic E-state index is -0.0617. The number of rotatable bonds is 5. The monoisotopic (exact) mass is 599 g/mol. The lowest BCUT2D eigenvalue weighted by Gasteiger charge is -2.55. The summed E-state index contributed by atoms with van der Waals surface area (Å²) >= 11 is 1.43. The van der Waals surface area contributed by atoms with Gasteiger partial charge in [-0.05, 0) is 118 Å². The quantitative estimate of drug-likeness (QED) is 0.300. The van der Waals surface area contributed by atoms with Crippen molar-refractivity contribution in [2.24, 2.45) is 11.3 Å². The lowest BCUT2D eigenvalue weighted by molar-refractivity contribution is -0.0368. The molecule has 1 amide bonds. The topological polar surface area (TPSA) is 79.4 Å². The molecule has 1 aliphatic carbocycles. The van der Waals surface area contributed by atoms with E-state index in [-0.39, 0.29) is 18.0 Å². The lowest BCUT2D eigenvalue weighted by Crippen LogP contribution is -2.59. The molecule has 0 unspecified atom stereocenters. The number of hydrogen-bond donors (Lipinski definition) is 2. The molecule has 3 aromatic rings. The molecule has 8 heteroatoms. The lowest BCUT2D eigenvalue weighted by atomic mass is 9.60. The van der Waals surface area contributed by atoms with E-state index in [1.54, 1.807) is 0 Å². The van der Waals surface area contributed by atoms with Gasteiger partial charge in [0.1, 0.15) is 6.61 Å². The number of aryl methyl sites for hydroxylation is 2. The SMILES string of the molecule is CCc1c2nc(nc1-c1c(C)cccc1C)NSc1cccc(c1)C(=O)N(C1CC3(CCNCC3)C1)[C@H](CC(C)C)CO2. The molecule has 7 nitrogen and oxygen atoms in total. The van der Waals surface area contributed by atoms with Crippen LogP contribution in [0.3, 0.4) is 0 Å². The van der Waals surface area contributed by atoms with Crippen molar-refractivity contribution >= 4 is 23.8 Å². The van der Waals surface area contributed by atoms with E-state index >= 15 is 0 Å². The Kier molecular flexibility index (Phi) is 8.70. The molecule has 3 heterocycles. The van der Waals surface area contributed by atoms with E-state index in [4.69, 9.17) is 14.7 Å². The third-order valence-electron chi connectivity index (χ3n) is 9.56. The summed E-state index contributed by atoms with van der Waals surface area (Å²) in [4.78, 5) is 27.6. The third kappa shape index (κ3) is 6.14. The number of ether oxygens (including phenoxy) is 1. The largest absolute Gasteiger partial charge is 0.475 e. The van der Waals surface area contributed by atoms with Crippen LogP contribution in [0.2, 0.25) is 0 Å². The van der Waals surface area contributed by atoms with Crippen LogP contribution in [0.25, 0.3) is 11.3 Å². The maximum atomic E-state index is 14.4. The van der Waals surface area contributed by atoms with Gasteiger partial charge in [0.2, 0.25) is 11.8 Å². The smallest absolute Gasteiger partial charge is 0.254 e. The van der Waals surface area contributed by atoms with Crippen molar-refractivity contribution in [3.63, 3.8) is 0 Å². The molecule has 1 saturated heterocycles. The summed E-state index contributed by atoms with van der Waals surface area (Å²) in [5.41, 5.74) is 6.48. The molecule has 228 valence electrons. The molecule has 1 aromatic heterocycles. The van der Waals surface area contributed by atoms with Crippen LogP contribution in [0.4, 0.5) is 5.95 Å². The van der Waals surface area contributed by atoms with Crippen molar-refractivity contribution in [1.82, 2.24) is 20.2 Å². The average Bonchev–Trinajstić information content (AvgIpc) is 2.98. The summed E-state index contributed by atoms with van der Waals surface area (Å²) in [6.45, 7) is 13.4. The highest BCUT2D eigenvalue weighted by Crippen LogP contribution is 2.51. The third-order valence-corrected chi connectivity index (χ3v) is 10.3. The zero-order valence-electron chi connectivity index (χ0n) is 26.2. The van der Waals surface area contributed by atoms with Crippen LogP contribution in [-0.4, -0.2) is 52.6 Å². The summed E-state index contributed by atoms with van der Waals surface area (Å²) in [6.07, 6.45) is 6.13. The second-order valence-electron chi connectivity index (χ2n) is 13.2. The Balaban J connectivity index is 1.43. The van der Waals surface area contributed by atoms with Crippen molar-refractivity contribution in [3.05, 3.63) is 64.7 Å². The van der Waals surface area contributed by atoms with Gasteiger partial charge < -0.3 is 15.0 Å². The van der Waals surface area contributed by atoms with E-state index in [9.17, 15) is 4.79 Å². The number of hydrogen-bond acceptors (Lipinski definition) is 7. The number of carbonyl (C=O) groups excluding carboxylic acids is 1. The van der Waals surface area contributed by atoms with Crippen LogP contribution in [0.1, 0.15) is 79.9 Å².